The molecule has 2 aromatic heterocycles. The Morgan fingerprint density at radius 1 is 1.60 bits per heavy atom. The van der Waals surface area contributed by atoms with Crippen LogP contribution >= 0.6 is 0 Å². The fourth-order valence-electron chi connectivity index (χ4n) is 2.97. The van der Waals surface area contributed by atoms with Crippen molar-refractivity contribution in [2.75, 3.05) is 18.5 Å². The first kappa shape index (κ1) is 17.6. The number of carbonyl (C=O) groups excluding carboxylic acids is 1. The molecular formula is C17H23FN4O3. The normalized spacial score (nSPS) is 21.9. The molecule has 0 bridgehead atoms. The number of rotatable bonds is 5. The van der Waals surface area contributed by atoms with Crippen molar-refractivity contribution in [1.82, 2.24) is 14.6 Å². The Morgan fingerprint density at radius 2 is 2.40 bits per heavy atom. The van der Waals surface area contributed by atoms with Crippen molar-refractivity contribution in [3.8, 4) is 0 Å². The van der Waals surface area contributed by atoms with Gasteiger partial charge >= 0.3 is 5.97 Å². The standard InChI is InChI=1S/C17H23FN4O3/c1-4-10(2)14-7-12(18)15-8-19-17(21-22(14)15)20-13-5-6-24-9-16(13)25-11(3)23/h7-8,10,13,16H,4-6,9H2,1-3H3,(H,20,21). The molecule has 3 heterocycles. The van der Waals surface area contributed by atoms with Crippen molar-refractivity contribution >= 4 is 17.4 Å². The summed E-state index contributed by atoms with van der Waals surface area (Å²) in [6.45, 7) is 6.35. The van der Waals surface area contributed by atoms with E-state index in [-0.39, 0.29) is 23.7 Å². The van der Waals surface area contributed by atoms with E-state index >= 15 is 0 Å². The molecule has 1 fully saturated rings. The molecule has 0 amide bonds. The highest BCUT2D eigenvalue weighted by molar-refractivity contribution is 5.66. The van der Waals surface area contributed by atoms with E-state index in [0.717, 1.165) is 12.1 Å². The molecule has 8 heteroatoms. The van der Waals surface area contributed by atoms with Crippen LogP contribution in [-0.2, 0) is 14.3 Å². The molecule has 1 aliphatic rings. The van der Waals surface area contributed by atoms with E-state index in [9.17, 15) is 9.18 Å². The van der Waals surface area contributed by atoms with E-state index in [1.54, 1.807) is 4.52 Å². The minimum absolute atomic E-state index is 0.150. The van der Waals surface area contributed by atoms with Crippen molar-refractivity contribution in [2.24, 2.45) is 0 Å². The molecule has 25 heavy (non-hydrogen) atoms. The fourth-order valence-corrected chi connectivity index (χ4v) is 2.97. The molecule has 0 aromatic carbocycles. The van der Waals surface area contributed by atoms with E-state index in [2.05, 4.69) is 15.4 Å². The quantitative estimate of drug-likeness (QED) is 0.835. The van der Waals surface area contributed by atoms with E-state index in [0.29, 0.717) is 31.1 Å². The molecule has 3 unspecified atom stereocenters. The highest BCUT2D eigenvalue weighted by Gasteiger charge is 2.29. The lowest BCUT2D eigenvalue weighted by molar-refractivity contribution is -0.153. The number of hydrogen-bond acceptors (Lipinski definition) is 6. The lowest BCUT2D eigenvalue weighted by Crippen LogP contribution is -2.44. The summed E-state index contributed by atoms with van der Waals surface area (Å²) in [7, 11) is 0. The molecule has 2 aromatic rings. The van der Waals surface area contributed by atoms with E-state index in [4.69, 9.17) is 9.47 Å². The largest absolute Gasteiger partial charge is 0.458 e. The molecule has 0 radical (unpaired) electrons. The first-order valence-electron chi connectivity index (χ1n) is 8.55. The minimum atomic E-state index is -0.402. The van der Waals surface area contributed by atoms with Gasteiger partial charge in [-0.05, 0) is 24.8 Å². The van der Waals surface area contributed by atoms with Crippen molar-refractivity contribution in [1.29, 1.82) is 0 Å². The maximum Gasteiger partial charge on any atom is 0.303 e. The van der Waals surface area contributed by atoms with Crippen LogP contribution in [-0.4, -0.2) is 45.9 Å². The molecule has 136 valence electrons. The number of fused-ring (bicyclic) bond motifs is 1. The van der Waals surface area contributed by atoms with Gasteiger partial charge in [-0.2, -0.15) is 0 Å². The Hall–Kier alpha value is -2.22. The Balaban J connectivity index is 1.86. The lowest BCUT2D eigenvalue weighted by atomic mass is 10.1. The summed E-state index contributed by atoms with van der Waals surface area (Å²) in [5, 5.41) is 7.65. The van der Waals surface area contributed by atoms with Gasteiger partial charge in [-0.15, -0.1) is 5.10 Å². The van der Waals surface area contributed by atoms with Gasteiger partial charge in [0.1, 0.15) is 11.6 Å². The third-order valence-electron chi connectivity index (χ3n) is 4.55. The van der Waals surface area contributed by atoms with Gasteiger partial charge in [0.25, 0.3) is 0 Å². The van der Waals surface area contributed by atoms with Crippen LogP contribution in [0.5, 0.6) is 0 Å². The minimum Gasteiger partial charge on any atom is -0.458 e. The van der Waals surface area contributed by atoms with Gasteiger partial charge in [-0.1, -0.05) is 13.8 Å². The summed E-state index contributed by atoms with van der Waals surface area (Å²) in [5.41, 5.74) is 1.16. The second kappa shape index (κ2) is 7.35. The molecule has 0 aliphatic carbocycles. The third-order valence-corrected chi connectivity index (χ3v) is 4.55. The number of halogens is 1. The second-order valence-electron chi connectivity index (χ2n) is 6.37. The summed E-state index contributed by atoms with van der Waals surface area (Å²) in [6.07, 6.45) is 2.61. The molecule has 3 rings (SSSR count). The van der Waals surface area contributed by atoms with E-state index < -0.39 is 6.10 Å². The number of nitrogens with one attached hydrogen (secondary N) is 1. The Labute approximate surface area is 145 Å². The second-order valence-corrected chi connectivity index (χ2v) is 6.37. The van der Waals surface area contributed by atoms with Crippen LogP contribution in [0, 0.1) is 5.82 Å². The average Bonchev–Trinajstić information content (AvgIpc) is 2.92. The maximum absolute atomic E-state index is 14.1. The SMILES string of the molecule is CCC(C)c1cc(F)c2cnc(NC3CCOCC3OC(C)=O)nn12. The van der Waals surface area contributed by atoms with Gasteiger partial charge < -0.3 is 14.8 Å². The zero-order chi connectivity index (χ0) is 18.0. The van der Waals surface area contributed by atoms with Crippen molar-refractivity contribution < 1.29 is 18.7 Å². The molecular weight excluding hydrogens is 327 g/mol. The van der Waals surface area contributed by atoms with Crippen molar-refractivity contribution in [3.05, 3.63) is 23.8 Å². The summed E-state index contributed by atoms with van der Waals surface area (Å²) >= 11 is 0. The number of carbonyl (C=O) groups is 1. The Bertz CT molecular complexity index is 764. The number of ether oxygens (including phenoxy) is 2. The Morgan fingerprint density at radius 3 is 3.12 bits per heavy atom. The molecule has 1 N–H and O–H groups in total. The van der Waals surface area contributed by atoms with Crippen molar-refractivity contribution in [3.63, 3.8) is 0 Å². The zero-order valence-corrected chi connectivity index (χ0v) is 14.7. The van der Waals surface area contributed by atoms with Gasteiger partial charge in [0.05, 0.1) is 18.8 Å². The van der Waals surface area contributed by atoms with Crippen LogP contribution < -0.4 is 5.32 Å². The summed E-state index contributed by atoms with van der Waals surface area (Å²) in [5.74, 6) is -0.135. The fraction of sp³-hybridized carbons (Fsp3) is 0.588. The van der Waals surface area contributed by atoms with Crippen LogP contribution in [0.25, 0.3) is 5.52 Å². The van der Waals surface area contributed by atoms with Crippen LogP contribution in [0.4, 0.5) is 10.3 Å². The number of aromatic nitrogens is 3. The number of nitrogens with zero attached hydrogens (tertiary/aromatic N) is 3. The van der Waals surface area contributed by atoms with Gasteiger partial charge in [0.15, 0.2) is 5.82 Å². The van der Waals surface area contributed by atoms with Gasteiger partial charge in [0.2, 0.25) is 5.95 Å². The van der Waals surface area contributed by atoms with E-state index in [1.807, 2.05) is 13.8 Å². The first-order valence-corrected chi connectivity index (χ1v) is 8.55. The van der Waals surface area contributed by atoms with Crippen molar-refractivity contribution in [2.45, 2.75) is 51.7 Å². The number of anilines is 1. The summed E-state index contributed by atoms with van der Waals surface area (Å²) < 4.78 is 26.4. The van der Waals surface area contributed by atoms with E-state index in [1.165, 1.54) is 19.2 Å². The highest BCUT2D eigenvalue weighted by atomic mass is 19.1. The predicted molar refractivity (Wildman–Crippen MR) is 90.1 cm³/mol. The predicted octanol–water partition coefficient (Wildman–Crippen LogP) is 2.51. The Kier molecular flexibility index (Phi) is 5.17. The molecule has 3 atom stereocenters. The monoisotopic (exact) mass is 350 g/mol. The topological polar surface area (TPSA) is 77.8 Å². The molecule has 1 aliphatic heterocycles. The first-order chi connectivity index (χ1) is 12.0. The molecule has 0 spiro atoms. The lowest BCUT2D eigenvalue weighted by Gasteiger charge is -2.31. The van der Waals surface area contributed by atoms with Gasteiger partial charge in [0, 0.05) is 19.2 Å². The maximum atomic E-state index is 14.1. The average molecular weight is 350 g/mol. The van der Waals surface area contributed by atoms with Crippen LogP contribution in [0.1, 0.15) is 45.2 Å². The zero-order valence-electron chi connectivity index (χ0n) is 14.7. The van der Waals surface area contributed by atoms with Gasteiger partial charge in [-0.3, -0.25) is 4.79 Å². The molecule has 0 saturated carbocycles. The number of esters is 1. The van der Waals surface area contributed by atoms with Crippen LogP contribution in [0.3, 0.4) is 0 Å². The smallest absolute Gasteiger partial charge is 0.303 e. The summed E-state index contributed by atoms with van der Waals surface area (Å²) in [4.78, 5) is 15.5. The number of hydrogen-bond donors (Lipinski definition) is 1. The molecule has 7 nitrogen and oxygen atoms in total. The third kappa shape index (κ3) is 3.73. The van der Waals surface area contributed by atoms with Crippen LogP contribution in [0.2, 0.25) is 0 Å². The summed E-state index contributed by atoms with van der Waals surface area (Å²) in [6, 6.07) is 1.36. The molecule has 1 saturated heterocycles. The van der Waals surface area contributed by atoms with Crippen LogP contribution in [0.15, 0.2) is 12.3 Å². The van der Waals surface area contributed by atoms with Gasteiger partial charge in [-0.25, -0.2) is 13.9 Å². The highest BCUT2D eigenvalue weighted by Crippen LogP contribution is 2.24.